The van der Waals surface area contributed by atoms with Gasteiger partial charge < -0.3 is 13.4 Å². The van der Waals surface area contributed by atoms with Crippen LogP contribution < -0.4 is 0 Å². The number of hydrogen-bond acceptors (Lipinski definition) is 2. The fraction of sp³-hybridized carbons (Fsp3) is 0.111. The van der Waals surface area contributed by atoms with Gasteiger partial charge in [0, 0.05) is 43.6 Å². The summed E-state index contributed by atoms with van der Waals surface area (Å²) in [5, 5.41) is 6.02. The fourth-order valence-corrected chi connectivity index (χ4v) is 8.67. The second kappa shape index (κ2) is 9.17. The van der Waals surface area contributed by atoms with Gasteiger partial charge in [-0.3, -0.25) is 0 Å². The zero-order chi connectivity index (χ0) is 31.7. The Bertz CT molecular complexity index is 2870. The molecule has 0 aliphatic heterocycles. The van der Waals surface area contributed by atoms with Crippen molar-refractivity contribution in [3.8, 4) is 27.9 Å². The van der Waals surface area contributed by atoms with E-state index in [4.69, 9.17) is 8.83 Å². The lowest BCUT2D eigenvalue weighted by Gasteiger charge is -2.23. The summed E-state index contributed by atoms with van der Waals surface area (Å²) in [5.74, 6) is 1.01. The summed E-state index contributed by atoms with van der Waals surface area (Å²) < 4.78 is 14.9. The molecule has 0 radical (unpaired) electrons. The number of para-hydroxylation sites is 2. The molecule has 0 N–H and O–H groups in total. The molecule has 3 heteroatoms. The molecule has 0 fully saturated rings. The Kier molecular flexibility index (Phi) is 5.02. The van der Waals surface area contributed by atoms with Gasteiger partial charge in [-0.2, -0.15) is 0 Å². The highest BCUT2D eigenvalue weighted by Gasteiger charge is 2.36. The highest BCUT2D eigenvalue weighted by molar-refractivity contribution is 6.13. The molecule has 3 heterocycles. The Morgan fingerprint density at radius 1 is 0.562 bits per heavy atom. The third-order valence-corrected chi connectivity index (χ3v) is 11.1. The SMILES string of the molecule is CC1(C)c2cc(-c3ccc4oc5ccccc5c4c3)ccc2-c2ccc(-n3c4ccccc4c4cc5oc6c(c5cc43)CCC=C6)cc21. The van der Waals surface area contributed by atoms with Crippen molar-refractivity contribution in [2.75, 3.05) is 0 Å². The summed E-state index contributed by atoms with van der Waals surface area (Å²) in [4.78, 5) is 0. The van der Waals surface area contributed by atoms with E-state index in [1.54, 1.807) is 0 Å². The number of allylic oxidation sites excluding steroid dienone is 1. The van der Waals surface area contributed by atoms with E-state index in [1.165, 1.54) is 71.8 Å². The van der Waals surface area contributed by atoms with Gasteiger partial charge in [-0.05, 0) is 107 Å². The number of hydrogen-bond donors (Lipinski definition) is 0. The summed E-state index contributed by atoms with van der Waals surface area (Å²) in [5.41, 5.74) is 15.4. The molecule has 2 aliphatic carbocycles. The number of aromatic nitrogens is 1. The number of fused-ring (bicyclic) bond motifs is 12. The minimum Gasteiger partial charge on any atom is -0.456 e. The first-order chi connectivity index (χ1) is 23.5. The second-order valence-electron chi connectivity index (χ2n) is 14.0. The first-order valence-electron chi connectivity index (χ1n) is 16.9. The molecule has 0 bridgehead atoms. The molecule has 6 aromatic carbocycles. The van der Waals surface area contributed by atoms with Crippen LogP contribution in [0, 0.1) is 0 Å². The molecule has 2 aliphatic rings. The lowest BCUT2D eigenvalue weighted by atomic mass is 9.81. The molecular weight excluding hydrogens is 587 g/mol. The maximum Gasteiger partial charge on any atom is 0.135 e. The normalized spacial score (nSPS) is 14.8. The van der Waals surface area contributed by atoms with E-state index in [-0.39, 0.29) is 5.41 Å². The van der Waals surface area contributed by atoms with Gasteiger partial charge in [-0.15, -0.1) is 0 Å². The Morgan fingerprint density at radius 2 is 1.31 bits per heavy atom. The van der Waals surface area contributed by atoms with E-state index in [2.05, 4.69) is 134 Å². The van der Waals surface area contributed by atoms with Crippen molar-refractivity contribution in [1.29, 1.82) is 0 Å². The number of nitrogens with zero attached hydrogens (tertiary/aromatic N) is 1. The van der Waals surface area contributed by atoms with Crippen LogP contribution in [0.15, 0.2) is 130 Å². The van der Waals surface area contributed by atoms with E-state index in [0.29, 0.717) is 0 Å². The summed E-state index contributed by atoms with van der Waals surface area (Å²) in [7, 11) is 0. The molecule has 0 atom stereocenters. The number of benzene rings is 6. The second-order valence-corrected chi connectivity index (χ2v) is 14.0. The molecule has 9 aromatic rings. The summed E-state index contributed by atoms with van der Waals surface area (Å²) in [6.45, 7) is 4.75. The van der Waals surface area contributed by atoms with Gasteiger partial charge in [0.25, 0.3) is 0 Å². The van der Waals surface area contributed by atoms with Gasteiger partial charge in [0.05, 0.1) is 11.0 Å². The average Bonchev–Trinajstić information content (AvgIpc) is 3.83. The molecule has 11 rings (SSSR count). The van der Waals surface area contributed by atoms with E-state index < -0.39 is 0 Å². The molecule has 228 valence electrons. The Labute approximate surface area is 277 Å². The summed E-state index contributed by atoms with van der Waals surface area (Å²) in [6.07, 6.45) is 6.43. The van der Waals surface area contributed by atoms with Crippen molar-refractivity contribution in [2.45, 2.75) is 32.1 Å². The minimum absolute atomic E-state index is 0.162. The average molecular weight is 618 g/mol. The maximum absolute atomic E-state index is 6.36. The smallest absolute Gasteiger partial charge is 0.135 e. The maximum atomic E-state index is 6.36. The summed E-state index contributed by atoms with van der Waals surface area (Å²) in [6, 6.07) is 42.3. The van der Waals surface area contributed by atoms with E-state index >= 15 is 0 Å². The molecule has 0 spiro atoms. The standard InChI is InChI=1S/C45H31NO2/c1-45(2)37-22-27(26-16-20-43-35(21-26)32-10-4-7-13-41(32)47-43)15-18-29(37)30-19-17-28(23-38(30)45)46-39-12-6-3-9-31(39)34-25-44-36(24-40(34)46)33-11-5-8-14-42(33)48-44/h3-4,6-10,12-25H,5,11H2,1-2H3. The van der Waals surface area contributed by atoms with E-state index in [1.807, 2.05) is 12.1 Å². The van der Waals surface area contributed by atoms with Crippen LogP contribution in [0.2, 0.25) is 0 Å². The first-order valence-corrected chi connectivity index (χ1v) is 16.9. The predicted octanol–water partition coefficient (Wildman–Crippen LogP) is 12.4. The van der Waals surface area contributed by atoms with E-state index in [0.717, 1.165) is 46.1 Å². The van der Waals surface area contributed by atoms with Crippen LogP contribution in [0.25, 0.3) is 88.7 Å². The Morgan fingerprint density at radius 3 is 2.23 bits per heavy atom. The van der Waals surface area contributed by atoms with E-state index in [9.17, 15) is 0 Å². The highest BCUT2D eigenvalue weighted by atomic mass is 16.3. The lowest BCUT2D eigenvalue weighted by Crippen LogP contribution is -2.15. The topological polar surface area (TPSA) is 31.2 Å². The van der Waals surface area contributed by atoms with Gasteiger partial charge >= 0.3 is 0 Å². The van der Waals surface area contributed by atoms with Crippen molar-refractivity contribution in [3.63, 3.8) is 0 Å². The van der Waals surface area contributed by atoms with Crippen LogP contribution >= 0.6 is 0 Å². The van der Waals surface area contributed by atoms with Crippen molar-refractivity contribution in [3.05, 3.63) is 144 Å². The molecule has 0 amide bonds. The Balaban J connectivity index is 1.07. The van der Waals surface area contributed by atoms with Crippen molar-refractivity contribution in [2.24, 2.45) is 0 Å². The first kappa shape index (κ1) is 26.3. The van der Waals surface area contributed by atoms with Crippen LogP contribution in [0.1, 0.15) is 42.7 Å². The van der Waals surface area contributed by atoms with Gasteiger partial charge in [0.1, 0.15) is 22.5 Å². The van der Waals surface area contributed by atoms with Crippen LogP contribution in [-0.2, 0) is 11.8 Å². The Hall–Kier alpha value is -5.80. The quantitative estimate of drug-likeness (QED) is 0.193. The van der Waals surface area contributed by atoms with Gasteiger partial charge in [-0.1, -0.05) is 80.6 Å². The van der Waals surface area contributed by atoms with Gasteiger partial charge in [-0.25, -0.2) is 0 Å². The van der Waals surface area contributed by atoms with Crippen molar-refractivity contribution < 1.29 is 8.83 Å². The molecular formula is C45H31NO2. The van der Waals surface area contributed by atoms with Crippen molar-refractivity contribution >= 4 is 60.8 Å². The third kappa shape index (κ3) is 3.43. The minimum atomic E-state index is -0.162. The van der Waals surface area contributed by atoms with Gasteiger partial charge in [0.2, 0.25) is 0 Å². The fourth-order valence-electron chi connectivity index (χ4n) is 8.67. The summed E-state index contributed by atoms with van der Waals surface area (Å²) >= 11 is 0. The zero-order valence-corrected chi connectivity index (χ0v) is 26.8. The molecule has 3 nitrogen and oxygen atoms in total. The zero-order valence-electron chi connectivity index (χ0n) is 26.8. The lowest BCUT2D eigenvalue weighted by molar-refractivity contribution is 0.596. The largest absolute Gasteiger partial charge is 0.456 e. The third-order valence-electron chi connectivity index (χ3n) is 11.1. The molecule has 0 saturated carbocycles. The molecule has 0 saturated heterocycles. The molecule has 48 heavy (non-hydrogen) atoms. The number of aryl methyl sites for hydroxylation is 1. The highest BCUT2D eigenvalue weighted by Crippen LogP contribution is 2.51. The molecule has 0 unspecified atom stereocenters. The molecule has 3 aromatic heterocycles. The van der Waals surface area contributed by atoms with Crippen LogP contribution in [0.5, 0.6) is 0 Å². The number of furan rings is 2. The predicted molar refractivity (Wildman–Crippen MR) is 198 cm³/mol. The number of rotatable bonds is 2. The van der Waals surface area contributed by atoms with Gasteiger partial charge in [0.15, 0.2) is 0 Å². The van der Waals surface area contributed by atoms with Crippen LogP contribution in [0.4, 0.5) is 0 Å². The van der Waals surface area contributed by atoms with Crippen LogP contribution in [0.3, 0.4) is 0 Å². The van der Waals surface area contributed by atoms with Crippen molar-refractivity contribution in [1.82, 2.24) is 4.57 Å². The van der Waals surface area contributed by atoms with Crippen LogP contribution in [-0.4, -0.2) is 4.57 Å². The monoisotopic (exact) mass is 617 g/mol.